The summed E-state index contributed by atoms with van der Waals surface area (Å²) in [4.78, 5) is 18.1. The van der Waals surface area contributed by atoms with Crippen molar-refractivity contribution >= 4 is 23.1 Å². The molecule has 0 aliphatic rings. The zero-order chi connectivity index (χ0) is 20.2. The SMILES string of the molecule is COc1ccc(C=Cc2nc3ccccc3c(=O)n2-c2ccccc2OC)cc1. The maximum Gasteiger partial charge on any atom is 0.266 e. The van der Waals surface area contributed by atoms with Gasteiger partial charge in [0.05, 0.1) is 30.8 Å². The molecule has 0 atom stereocenters. The number of hydrogen-bond acceptors (Lipinski definition) is 4. The predicted molar refractivity (Wildman–Crippen MR) is 116 cm³/mol. The van der Waals surface area contributed by atoms with E-state index in [0.717, 1.165) is 11.3 Å². The molecule has 29 heavy (non-hydrogen) atoms. The van der Waals surface area contributed by atoms with Gasteiger partial charge in [0.2, 0.25) is 0 Å². The van der Waals surface area contributed by atoms with Crippen molar-refractivity contribution < 1.29 is 9.47 Å². The number of benzene rings is 3. The first-order valence-electron chi connectivity index (χ1n) is 9.18. The number of aromatic nitrogens is 2. The van der Waals surface area contributed by atoms with Crippen molar-refractivity contribution in [2.75, 3.05) is 14.2 Å². The third-order valence-corrected chi connectivity index (χ3v) is 4.67. The van der Waals surface area contributed by atoms with E-state index in [0.29, 0.717) is 28.2 Å². The van der Waals surface area contributed by atoms with Crippen molar-refractivity contribution in [3.05, 3.63) is 94.5 Å². The fraction of sp³-hybridized carbons (Fsp3) is 0.0833. The minimum atomic E-state index is -0.144. The largest absolute Gasteiger partial charge is 0.497 e. The maximum absolute atomic E-state index is 13.3. The van der Waals surface area contributed by atoms with Gasteiger partial charge in [-0.25, -0.2) is 4.98 Å². The minimum Gasteiger partial charge on any atom is -0.497 e. The summed E-state index contributed by atoms with van der Waals surface area (Å²) in [7, 11) is 3.22. The Morgan fingerprint density at radius 3 is 2.31 bits per heavy atom. The number of para-hydroxylation sites is 3. The molecule has 3 aromatic carbocycles. The smallest absolute Gasteiger partial charge is 0.266 e. The van der Waals surface area contributed by atoms with E-state index in [1.54, 1.807) is 24.9 Å². The second-order valence-electron chi connectivity index (χ2n) is 6.41. The highest BCUT2D eigenvalue weighted by atomic mass is 16.5. The maximum atomic E-state index is 13.3. The molecule has 0 amide bonds. The molecule has 5 nitrogen and oxygen atoms in total. The van der Waals surface area contributed by atoms with E-state index in [-0.39, 0.29) is 5.56 Å². The Bertz CT molecular complexity index is 1240. The minimum absolute atomic E-state index is 0.144. The molecule has 5 heteroatoms. The molecule has 0 spiro atoms. The number of ether oxygens (including phenoxy) is 2. The Hall–Kier alpha value is -3.86. The Labute approximate surface area is 168 Å². The van der Waals surface area contributed by atoms with Crippen molar-refractivity contribution in [3.8, 4) is 17.2 Å². The van der Waals surface area contributed by atoms with Crippen LogP contribution in [0.3, 0.4) is 0 Å². The summed E-state index contributed by atoms with van der Waals surface area (Å²) >= 11 is 0. The topological polar surface area (TPSA) is 53.3 Å². The molecule has 0 saturated heterocycles. The number of fused-ring (bicyclic) bond motifs is 1. The van der Waals surface area contributed by atoms with Crippen LogP contribution in [0.4, 0.5) is 0 Å². The highest BCUT2D eigenvalue weighted by Gasteiger charge is 2.14. The van der Waals surface area contributed by atoms with E-state index in [1.165, 1.54) is 0 Å². The molecule has 0 bridgehead atoms. The second kappa shape index (κ2) is 8.02. The van der Waals surface area contributed by atoms with E-state index in [2.05, 4.69) is 0 Å². The molecule has 0 N–H and O–H groups in total. The van der Waals surface area contributed by atoms with E-state index in [4.69, 9.17) is 14.5 Å². The van der Waals surface area contributed by atoms with Gasteiger partial charge in [0.25, 0.3) is 5.56 Å². The van der Waals surface area contributed by atoms with Crippen LogP contribution in [0.25, 0.3) is 28.7 Å². The normalized spacial score (nSPS) is 11.1. The lowest BCUT2D eigenvalue weighted by Crippen LogP contribution is -2.22. The molecule has 1 aromatic heterocycles. The van der Waals surface area contributed by atoms with Gasteiger partial charge in [-0.3, -0.25) is 9.36 Å². The Morgan fingerprint density at radius 1 is 0.828 bits per heavy atom. The molecule has 4 aromatic rings. The third kappa shape index (κ3) is 3.62. The van der Waals surface area contributed by atoms with Crippen LogP contribution in [-0.2, 0) is 0 Å². The van der Waals surface area contributed by atoms with Gasteiger partial charge in [0, 0.05) is 0 Å². The fourth-order valence-corrected chi connectivity index (χ4v) is 3.19. The van der Waals surface area contributed by atoms with Crippen LogP contribution in [0.1, 0.15) is 11.4 Å². The fourth-order valence-electron chi connectivity index (χ4n) is 3.19. The van der Waals surface area contributed by atoms with Gasteiger partial charge in [0.1, 0.15) is 17.3 Å². The average Bonchev–Trinajstić information content (AvgIpc) is 2.78. The van der Waals surface area contributed by atoms with E-state index in [1.807, 2.05) is 78.9 Å². The molecule has 0 saturated carbocycles. The molecule has 0 fully saturated rings. The Kier molecular flexibility index (Phi) is 5.12. The quantitative estimate of drug-likeness (QED) is 0.506. The third-order valence-electron chi connectivity index (χ3n) is 4.67. The zero-order valence-electron chi connectivity index (χ0n) is 16.2. The number of nitrogens with zero attached hydrogens (tertiary/aromatic N) is 2. The summed E-state index contributed by atoms with van der Waals surface area (Å²) in [5.74, 6) is 1.91. The van der Waals surface area contributed by atoms with Gasteiger partial charge < -0.3 is 9.47 Å². The van der Waals surface area contributed by atoms with Crippen LogP contribution < -0.4 is 15.0 Å². The Balaban J connectivity index is 1.92. The van der Waals surface area contributed by atoms with Gasteiger partial charge >= 0.3 is 0 Å². The van der Waals surface area contributed by atoms with Gasteiger partial charge in [-0.15, -0.1) is 0 Å². The lowest BCUT2D eigenvalue weighted by Gasteiger charge is -2.14. The molecule has 4 rings (SSSR count). The second-order valence-corrected chi connectivity index (χ2v) is 6.41. The average molecular weight is 384 g/mol. The summed E-state index contributed by atoms with van der Waals surface area (Å²) < 4.78 is 12.3. The molecule has 0 unspecified atom stereocenters. The molecule has 0 radical (unpaired) electrons. The summed E-state index contributed by atoms with van der Waals surface area (Å²) in [6.45, 7) is 0. The van der Waals surface area contributed by atoms with Gasteiger partial charge in [-0.2, -0.15) is 0 Å². The van der Waals surface area contributed by atoms with Crippen LogP contribution in [0.2, 0.25) is 0 Å². The molecule has 0 aliphatic heterocycles. The number of rotatable bonds is 5. The predicted octanol–water partition coefficient (Wildman–Crippen LogP) is 4.57. The van der Waals surface area contributed by atoms with Crippen LogP contribution in [-0.4, -0.2) is 23.8 Å². The number of methoxy groups -OCH3 is 2. The van der Waals surface area contributed by atoms with Crippen molar-refractivity contribution in [2.45, 2.75) is 0 Å². The van der Waals surface area contributed by atoms with Crippen molar-refractivity contribution in [1.82, 2.24) is 9.55 Å². The highest BCUT2D eigenvalue weighted by molar-refractivity contribution is 5.80. The van der Waals surface area contributed by atoms with E-state index < -0.39 is 0 Å². The first-order chi connectivity index (χ1) is 14.2. The first kappa shape index (κ1) is 18.5. The van der Waals surface area contributed by atoms with Crippen LogP contribution in [0.15, 0.2) is 77.6 Å². The summed E-state index contributed by atoms with van der Waals surface area (Å²) in [6.07, 6.45) is 3.75. The van der Waals surface area contributed by atoms with Crippen LogP contribution >= 0.6 is 0 Å². The van der Waals surface area contributed by atoms with Gasteiger partial charge in [-0.1, -0.05) is 42.5 Å². The molecule has 144 valence electrons. The summed E-state index contributed by atoms with van der Waals surface area (Å²) in [5, 5.41) is 0.556. The van der Waals surface area contributed by atoms with Crippen LogP contribution in [0, 0.1) is 0 Å². The molecule has 0 aliphatic carbocycles. The zero-order valence-corrected chi connectivity index (χ0v) is 16.2. The van der Waals surface area contributed by atoms with Crippen molar-refractivity contribution in [1.29, 1.82) is 0 Å². The van der Waals surface area contributed by atoms with Crippen molar-refractivity contribution in [2.24, 2.45) is 0 Å². The first-order valence-corrected chi connectivity index (χ1v) is 9.18. The van der Waals surface area contributed by atoms with Gasteiger partial charge in [-0.05, 0) is 48.0 Å². The van der Waals surface area contributed by atoms with Gasteiger partial charge in [0.15, 0.2) is 0 Å². The Morgan fingerprint density at radius 2 is 1.55 bits per heavy atom. The highest BCUT2D eigenvalue weighted by Crippen LogP contribution is 2.24. The lowest BCUT2D eigenvalue weighted by molar-refractivity contribution is 0.412. The monoisotopic (exact) mass is 384 g/mol. The standard InChI is InChI=1S/C24H20N2O3/c1-28-18-14-11-17(12-15-18)13-16-23-25-20-8-4-3-7-19(20)24(27)26(23)21-9-5-6-10-22(21)29-2/h3-16H,1-2H3. The molecule has 1 heterocycles. The van der Waals surface area contributed by atoms with Crippen molar-refractivity contribution in [3.63, 3.8) is 0 Å². The van der Waals surface area contributed by atoms with Crippen LogP contribution in [0.5, 0.6) is 11.5 Å². The number of hydrogen-bond donors (Lipinski definition) is 0. The summed E-state index contributed by atoms with van der Waals surface area (Å²) in [6, 6.07) is 22.4. The van der Waals surface area contributed by atoms with E-state index in [9.17, 15) is 4.79 Å². The summed E-state index contributed by atoms with van der Waals surface area (Å²) in [5.41, 5.74) is 2.12. The van der Waals surface area contributed by atoms with E-state index >= 15 is 0 Å². The molecular weight excluding hydrogens is 364 g/mol. The molecular formula is C24H20N2O3. The lowest BCUT2D eigenvalue weighted by atomic mass is 10.2.